The lowest BCUT2D eigenvalue weighted by atomic mass is 10.0. The van der Waals surface area contributed by atoms with Crippen molar-refractivity contribution in [3.63, 3.8) is 0 Å². The highest BCUT2D eigenvalue weighted by Crippen LogP contribution is 2.20. The van der Waals surface area contributed by atoms with Crippen molar-refractivity contribution in [2.24, 2.45) is 0 Å². The summed E-state index contributed by atoms with van der Waals surface area (Å²) in [4.78, 5) is 12.5. The van der Waals surface area contributed by atoms with Gasteiger partial charge in [0.05, 0.1) is 18.8 Å². The lowest BCUT2D eigenvalue weighted by Crippen LogP contribution is -2.45. The Kier molecular flexibility index (Phi) is 62.1. The number of hydrogen-bond acceptors (Lipinski definition) is 3. The van der Waals surface area contributed by atoms with Crippen molar-refractivity contribution < 1.29 is 15.0 Å². The molecule has 70 heavy (non-hydrogen) atoms. The summed E-state index contributed by atoms with van der Waals surface area (Å²) in [6, 6.07) is -0.532. The Morgan fingerprint density at radius 3 is 0.643 bits per heavy atom. The molecular weight excluding hydrogens is 855 g/mol. The van der Waals surface area contributed by atoms with Crippen molar-refractivity contribution in [1.82, 2.24) is 5.32 Å². The highest BCUT2D eigenvalue weighted by molar-refractivity contribution is 5.76. The average molecular weight is 989 g/mol. The molecule has 0 fully saturated rings. The largest absolute Gasteiger partial charge is 0.394 e. The monoisotopic (exact) mass is 988 g/mol. The summed E-state index contributed by atoms with van der Waals surface area (Å²) in [7, 11) is 0. The van der Waals surface area contributed by atoms with Gasteiger partial charge < -0.3 is 15.5 Å². The highest BCUT2D eigenvalue weighted by Gasteiger charge is 2.20. The minimum absolute atomic E-state index is 0.0198. The highest BCUT2D eigenvalue weighted by atomic mass is 16.3. The fourth-order valence-corrected chi connectivity index (χ4v) is 11.1. The molecule has 1 amide bonds. The number of hydrogen-bond donors (Lipinski definition) is 3. The molecule has 420 valence electrons. The molecule has 0 aliphatic rings. The van der Waals surface area contributed by atoms with Crippen LogP contribution in [0.25, 0.3) is 0 Å². The second-order valence-electron chi connectivity index (χ2n) is 23.3. The molecule has 4 nitrogen and oxygen atoms in total. The van der Waals surface area contributed by atoms with E-state index in [9.17, 15) is 15.0 Å². The lowest BCUT2D eigenvalue weighted by Gasteiger charge is -2.22. The topological polar surface area (TPSA) is 69.6 Å². The van der Waals surface area contributed by atoms with Crippen molar-refractivity contribution >= 4 is 5.91 Å². The summed E-state index contributed by atoms with van der Waals surface area (Å²) < 4.78 is 0. The van der Waals surface area contributed by atoms with Gasteiger partial charge in [0.25, 0.3) is 0 Å². The Hall–Kier alpha value is -0.610. The maximum Gasteiger partial charge on any atom is 0.220 e. The smallest absolute Gasteiger partial charge is 0.220 e. The van der Waals surface area contributed by atoms with E-state index in [0.717, 1.165) is 25.7 Å². The van der Waals surface area contributed by atoms with Crippen molar-refractivity contribution in [3.8, 4) is 0 Å². The van der Waals surface area contributed by atoms with Gasteiger partial charge in [0.2, 0.25) is 5.91 Å². The zero-order chi connectivity index (χ0) is 50.6. The molecule has 0 aliphatic carbocycles. The molecule has 2 unspecified atom stereocenters. The standard InChI is InChI=1S/C66H133NO3/c1-3-5-7-9-11-13-15-17-19-21-23-25-27-29-31-32-33-34-36-37-39-41-43-45-47-49-51-53-55-57-59-61-65(69)64(63-68)67-66(70)62-60-58-56-54-52-50-48-46-44-42-40-38-35-30-28-26-24-22-20-18-16-14-12-10-8-6-4-2/h64-65,68-69H,3-63H2,1-2H3,(H,67,70). The molecule has 0 saturated heterocycles. The van der Waals surface area contributed by atoms with E-state index in [1.165, 1.54) is 347 Å². The molecule has 0 aliphatic heterocycles. The fourth-order valence-electron chi connectivity index (χ4n) is 11.1. The van der Waals surface area contributed by atoms with Crippen molar-refractivity contribution in [3.05, 3.63) is 0 Å². The average Bonchev–Trinajstić information content (AvgIpc) is 3.36. The Morgan fingerprint density at radius 2 is 0.457 bits per heavy atom. The SMILES string of the molecule is CCCCCCCCCCCCCCCCCCCCCCCCCCCCCCCCCC(O)C(CO)NC(=O)CCCCCCCCCCCCCCCCCCCCCCCCCCCCC. The summed E-state index contributed by atoms with van der Waals surface area (Å²) in [5.74, 6) is -0.0198. The second-order valence-corrected chi connectivity index (χ2v) is 23.3. The van der Waals surface area contributed by atoms with Gasteiger partial charge in [-0.25, -0.2) is 0 Å². The fraction of sp³-hybridized carbons (Fsp3) is 0.985. The quantitative estimate of drug-likeness (QED) is 0.0532. The van der Waals surface area contributed by atoms with Crippen LogP contribution in [0.1, 0.15) is 399 Å². The molecule has 0 spiro atoms. The summed E-state index contributed by atoms with van der Waals surface area (Å²) in [5, 5.41) is 23.4. The summed E-state index contributed by atoms with van der Waals surface area (Å²) in [6.07, 6.45) is 81.5. The first kappa shape index (κ1) is 69.4. The van der Waals surface area contributed by atoms with Crippen LogP contribution >= 0.6 is 0 Å². The van der Waals surface area contributed by atoms with Crippen LogP contribution in [-0.4, -0.2) is 34.9 Å². The zero-order valence-corrected chi connectivity index (χ0v) is 48.6. The number of carbonyl (C=O) groups excluding carboxylic acids is 1. The van der Waals surface area contributed by atoms with Crippen molar-refractivity contribution in [1.29, 1.82) is 0 Å². The molecule has 4 heteroatoms. The molecular formula is C66H133NO3. The molecule has 0 aromatic rings. The Balaban J connectivity index is 3.36. The molecule has 0 radical (unpaired) electrons. The van der Waals surface area contributed by atoms with Gasteiger partial charge in [-0.3, -0.25) is 4.79 Å². The predicted octanol–water partition coefficient (Wildman–Crippen LogP) is 22.3. The van der Waals surface area contributed by atoms with Crippen LogP contribution in [0.5, 0.6) is 0 Å². The second kappa shape index (κ2) is 62.7. The first-order valence-corrected chi connectivity index (χ1v) is 33.2. The van der Waals surface area contributed by atoms with Gasteiger partial charge in [-0.1, -0.05) is 380 Å². The van der Waals surface area contributed by atoms with Crippen LogP contribution in [0.15, 0.2) is 0 Å². The lowest BCUT2D eigenvalue weighted by molar-refractivity contribution is -0.123. The van der Waals surface area contributed by atoms with Crippen LogP contribution < -0.4 is 5.32 Å². The maximum atomic E-state index is 12.5. The van der Waals surface area contributed by atoms with Gasteiger partial charge in [0, 0.05) is 6.42 Å². The van der Waals surface area contributed by atoms with Gasteiger partial charge in [-0.2, -0.15) is 0 Å². The summed E-state index contributed by atoms with van der Waals surface area (Å²) in [5.41, 5.74) is 0. The molecule has 0 bridgehead atoms. The van der Waals surface area contributed by atoms with E-state index in [4.69, 9.17) is 0 Å². The van der Waals surface area contributed by atoms with Crippen molar-refractivity contribution in [2.45, 2.75) is 411 Å². The summed E-state index contributed by atoms with van der Waals surface area (Å²) >= 11 is 0. The molecule has 0 saturated carbocycles. The third-order valence-corrected chi connectivity index (χ3v) is 16.1. The number of aliphatic hydroxyl groups excluding tert-OH is 2. The minimum Gasteiger partial charge on any atom is -0.394 e. The van der Waals surface area contributed by atoms with Crippen LogP contribution in [-0.2, 0) is 4.79 Å². The predicted molar refractivity (Wildman–Crippen MR) is 313 cm³/mol. The third kappa shape index (κ3) is 58.3. The van der Waals surface area contributed by atoms with E-state index in [1.54, 1.807) is 0 Å². The van der Waals surface area contributed by atoms with Gasteiger partial charge in [-0.15, -0.1) is 0 Å². The number of nitrogens with one attached hydrogen (secondary N) is 1. The summed E-state index contributed by atoms with van der Waals surface area (Å²) in [6.45, 7) is 4.42. The van der Waals surface area contributed by atoms with Gasteiger partial charge in [0.1, 0.15) is 0 Å². The normalized spacial score (nSPS) is 12.6. The Bertz CT molecular complexity index is 940. The van der Waals surface area contributed by atoms with Gasteiger partial charge >= 0.3 is 0 Å². The molecule has 0 heterocycles. The first-order chi connectivity index (χ1) is 34.7. The Labute approximate surface area is 442 Å². The number of rotatable bonds is 63. The number of carbonyl (C=O) groups is 1. The number of amides is 1. The third-order valence-electron chi connectivity index (χ3n) is 16.1. The molecule has 0 aromatic heterocycles. The maximum absolute atomic E-state index is 12.5. The van der Waals surface area contributed by atoms with Crippen LogP contribution in [0.4, 0.5) is 0 Å². The van der Waals surface area contributed by atoms with E-state index < -0.39 is 12.1 Å². The van der Waals surface area contributed by atoms with Crippen LogP contribution in [0.3, 0.4) is 0 Å². The van der Waals surface area contributed by atoms with Crippen LogP contribution in [0, 0.1) is 0 Å². The van der Waals surface area contributed by atoms with E-state index in [2.05, 4.69) is 19.2 Å². The molecule has 0 aromatic carbocycles. The van der Waals surface area contributed by atoms with Crippen LogP contribution in [0.2, 0.25) is 0 Å². The number of aliphatic hydroxyl groups is 2. The van der Waals surface area contributed by atoms with E-state index in [0.29, 0.717) is 12.8 Å². The number of unbranched alkanes of at least 4 members (excludes halogenated alkanes) is 56. The van der Waals surface area contributed by atoms with Gasteiger partial charge in [0.15, 0.2) is 0 Å². The van der Waals surface area contributed by atoms with E-state index >= 15 is 0 Å². The van der Waals surface area contributed by atoms with E-state index in [1.807, 2.05) is 0 Å². The first-order valence-electron chi connectivity index (χ1n) is 33.2. The molecule has 3 N–H and O–H groups in total. The molecule has 0 rings (SSSR count). The Morgan fingerprint density at radius 1 is 0.286 bits per heavy atom. The zero-order valence-electron chi connectivity index (χ0n) is 48.6. The molecule has 2 atom stereocenters. The van der Waals surface area contributed by atoms with E-state index in [-0.39, 0.29) is 12.5 Å². The van der Waals surface area contributed by atoms with Gasteiger partial charge in [-0.05, 0) is 12.8 Å². The minimum atomic E-state index is -0.656. The van der Waals surface area contributed by atoms with Crippen molar-refractivity contribution in [2.75, 3.05) is 6.61 Å².